The highest BCUT2D eigenvalue weighted by molar-refractivity contribution is 7.99. The fourth-order valence-corrected chi connectivity index (χ4v) is 3.77. The van der Waals surface area contributed by atoms with Gasteiger partial charge in [-0.3, -0.25) is 0 Å². The van der Waals surface area contributed by atoms with E-state index in [1.807, 2.05) is 24.3 Å². The molecule has 1 aliphatic heterocycles. The van der Waals surface area contributed by atoms with E-state index in [9.17, 15) is 0 Å². The third kappa shape index (κ3) is 2.38. The second kappa shape index (κ2) is 5.50. The Morgan fingerprint density at radius 1 is 1.05 bits per heavy atom. The zero-order chi connectivity index (χ0) is 14.9. The molecule has 1 aromatic heterocycles. The number of rotatable bonds is 2. The number of hydrogen-bond donors (Lipinski definition) is 0. The first kappa shape index (κ1) is 13.4. The number of methoxy groups -OCH3 is 1. The van der Waals surface area contributed by atoms with E-state index in [-0.39, 0.29) is 0 Å². The average Bonchev–Trinajstić information content (AvgIpc) is 2.59. The summed E-state index contributed by atoms with van der Waals surface area (Å²) in [5.41, 5.74) is 3.50. The molecule has 0 aliphatic carbocycles. The van der Waals surface area contributed by atoms with Crippen LogP contribution in [0, 0.1) is 0 Å². The molecule has 2 nitrogen and oxygen atoms in total. The summed E-state index contributed by atoms with van der Waals surface area (Å²) < 4.78 is 5.29. The number of benzene rings is 2. The first-order chi connectivity index (χ1) is 10.8. The number of hydrogen-bond acceptors (Lipinski definition) is 3. The molecule has 0 N–H and O–H groups in total. The van der Waals surface area contributed by atoms with Crippen molar-refractivity contribution in [1.29, 1.82) is 0 Å². The Morgan fingerprint density at radius 3 is 2.73 bits per heavy atom. The van der Waals surface area contributed by atoms with Crippen molar-refractivity contribution in [1.82, 2.24) is 4.98 Å². The summed E-state index contributed by atoms with van der Waals surface area (Å²) in [7, 11) is 1.69. The van der Waals surface area contributed by atoms with E-state index in [1.54, 1.807) is 18.9 Å². The third-order valence-electron chi connectivity index (χ3n) is 3.83. The van der Waals surface area contributed by atoms with E-state index in [4.69, 9.17) is 9.72 Å². The van der Waals surface area contributed by atoms with Gasteiger partial charge in [0.05, 0.1) is 17.9 Å². The molecule has 2 heterocycles. The molecular formula is C19H15NOS. The molecule has 0 radical (unpaired) electrons. The monoisotopic (exact) mass is 305 g/mol. The fourth-order valence-electron chi connectivity index (χ4n) is 2.67. The van der Waals surface area contributed by atoms with Crippen molar-refractivity contribution in [3.8, 4) is 5.75 Å². The summed E-state index contributed by atoms with van der Waals surface area (Å²) in [6, 6.07) is 18.7. The van der Waals surface area contributed by atoms with E-state index in [0.29, 0.717) is 5.25 Å². The first-order valence-corrected chi connectivity index (χ1v) is 8.10. The molecule has 2 aromatic carbocycles. The van der Waals surface area contributed by atoms with Crippen LogP contribution >= 0.6 is 11.8 Å². The van der Waals surface area contributed by atoms with E-state index in [1.165, 1.54) is 11.1 Å². The van der Waals surface area contributed by atoms with Crippen molar-refractivity contribution in [2.75, 3.05) is 7.11 Å². The van der Waals surface area contributed by atoms with Gasteiger partial charge in [-0.25, -0.2) is 4.98 Å². The van der Waals surface area contributed by atoms with Crippen molar-refractivity contribution >= 4 is 28.7 Å². The van der Waals surface area contributed by atoms with Crippen LogP contribution in [0.4, 0.5) is 0 Å². The Labute approximate surface area is 133 Å². The van der Waals surface area contributed by atoms with Gasteiger partial charge in [0.15, 0.2) is 0 Å². The largest absolute Gasteiger partial charge is 0.497 e. The number of nitrogens with zero attached hydrogens (tertiary/aromatic N) is 1. The van der Waals surface area contributed by atoms with Crippen LogP contribution in [0.5, 0.6) is 5.75 Å². The lowest BCUT2D eigenvalue weighted by molar-refractivity contribution is 0.415. The maximum absolute atomic E-state index is 5.29. The summed E-state index contributed by atoms with van der Waals surface area (Å²) in [5, 5.41) is 2.53. The zero-order valence-electron chi connectivity index (χ0n) is 12.2. The second-order valence-electron chi connectivity index (χ2n) is 5.25. The molecular weight excluding hydrogens is 290 g/mol. The molecule has 108 valence electrons. The van der Waals surface area contributed by atoms with Gasteiger partial charge in [0, 0.05) is 10.9 Å². The molecule has 0 unspecified atom stereocenters. The predicted molar refractivity (Wildman–Crippen MR) is 92.4 cm³/mol. The third-order valence-corrected chi connectivity index (χ3v) is 5.07. The van der Waals surface area contributed by atoms with Crippen molar-refractivity contribution in [2.24, 2.45) is 0 Å². The molecule has 1 aliphatic rings. The molecule has 1 atom stereocenters. The Hall–Kier alpha value is -2.26. The minimum Gasteiger partial charge on any atom is -0.497 e. The second-order valence-corrected chi connectivity index (χ2v) is 6.38. The normalized spacial score (nSPS) is 16.5. The Bertz CT molecular complexity index is 858. The minimum atomic E-state index is 0.330. The quantitative estimate of drug-likeness (QED) is 0.657. The maximum Gasteiger partial charge on any atom is 0.119 e. The van der Waals surface area contributed by atoms with Gasteiger partial charge >= 0.3 is 0 Å². The minimum absolute atomic E-state index is 0.330. The summed E-state index contributed by atoms with van der Waals surface area (Å²) >= 11 is 1.81. The van der Waals surface area contributed by atoms with Gasteiger partial charge < -0.3 is 4.74 Å². The molecule has 3 heteroatoms. The van der Waals surface area contributed by atoms with Crippen LogP contribution in [0.2, 0.25) is 0 Å². The highest BCUT2D eigenvalue weighted by atomic mass is 32.2. The van der Waals surface area contributed by atoms with Crippen molar-refractivity contribution in [3.63, 3.8) is 0 Å². The molecule has 22 heavy (non-hydrogen) atoms. The number of thioether (sulfide) groups is 1. The summed E-state index contributed by atoms with van der Waals surface area (Å²) in [6.45, 7) is 0. The van der Waals surface area contributed by atoms with Crippen molar-refractivity contribution in [3.05, 3.63) is 71.8 Å². The first-order valence-electron chi connectivity index (χ1n) is 7.22. The molecule has 0 spiro atoms. The highest BCUT2D eigenvalue weighted by Gasteiger charge is 2.18. The van der Waals surface area contributed by atoms with Crippen LogP contribution in [-0.2, 0) is 0 Å². The predicted octanol–water partition coefficient (Wildman–Crippen LogP) is 5.10. The lowest BCUT2D eigenvalue weighted by Crippen LogP contribution is -1.98. The van der Waals surface area contributed by atoms with Gasteiger partial charge in [0.25, 0.3) is 0 Å². The Balaban J connectivity index is 1.75. The molecule has 0 bridgehead atoms. The molecule has 4 rings (SSSR count). The molecule has 0 saturated carbocycles. The van der Waals surface area contributed by atoms with Crippen LogP contribution in [0.15, 0.2) is 65.7 Å². The van der Waals surface area contributed by atoms with E-state index in [2.05, 4.69) is 42.5 Å². The number of pyridine rings is 1. The average molecular weight is 305 g/mol. The number of ether oxygens (including phenoxy) is 1. The zero-order valence-corrected chi connectivity index (χ0v) is 13.0. The van der Waals surface area contributed by atoms with E-state index in [0.717, 1.165) is 21.7 Å². The lowest BCUT2D eigenvalue weighted by Gasteiger charge is -2.19. The Morgan fingerprint density at radius 2 is 1.91 bits per heavy atom. The number of fused-ring (bicyclic) bond motifs is 2. The standard InChI is InChI=1S/C19H15NOS/c1-21-16-8-9-17-15(12-16)11-14-7-10-18(22-19(14)20-17)13-5-3-2-4-6-13/h2-12,18H,1H3/t18-/m0/s1. The lowest BCUT2D eigenvalue weighted by atomic mass is 10.1. The van der Waals surface area contributed by atoms with Gasteiger partial charge in [-0.05, 0) is 29.8 Å². The smallest absolute Gasteiger partial charge is 0.119 e. The van der Waals surface area contributed by atoms with Crippen LogP contribution in [-0.4, -0.2) is 12.1 Å². The summed E-state index contributed by atoms with van der Waals surface area (Å²) in [6.07, 6.45) is 4.42. The maximum atomic E-state index is 5.29. The molecule has 0 fully saturated rings. The van der Waals surface area contributed by atoms with Crippen molar-refractivity contribution in [2.45, 2.75) is 10.3 Å². The van der Waals surface area contributed by atoms with E-state index >= 15 is 0 Å². The van der Waals surface area contributed by atoms with Crippen LogP contribution in [0.1, 0.15) is 16.4 Å². The van der Waals surface area contributed by atoms with Crippen molar-refractivity contribution < 1.29 is 4.74 Å². The molecule has 0 saturated heterocycles. The van der Waals surface area contributed by atoms with Crippen LogP contribution in [0.3, 0.4) is 0 Å². The SMILES string of the molecule is COc1ccc2nc3c(cc2c1)C=C[C@@H](c1ccccc1)S3. The van der Waals surface area contributed by atoms with E-state index < -0.39 is 0 Å². The topological polar surface area (TPSA) is 22.1 Å². The summed E-state index contributed by atoms with van der Waals surface area (Å²) in [5.74, 6) is 0.865. The van der Waals surface area contributed by atoms with Crippen LogP contribution < -0.4 is 4.74 Å². The summed E-state index contributed by atoms with van der Waals surface area (Å²) in [4.78, 5) is 4.82. The molecule has 3 aromatic rings. The van der Waals surface area contributed by atoms with Gasteiger partial charge in [-0.2, -0.15) is 0 Å². The van der Waals surface area contributed by atoms with Gasteiger partial charge in [0.1, 0.15) is 10.8 Å². The fraction of sp³-hybridized carbons (Fsp3) is 0.105. The van der Waals surface area contributed by atoms with Gasteiger partial charge in [0.2, 0.25) is 0 Å². The highest BCUT2D eigenvalue weighted by Crippen LogP contribution is 2.42. The van der Waals surface area contributed by atoms with Gasteiger partial charge in [-0.1, -0.05) is 54.2 Å². The van der Waals surface area contributed by atoms with Gasteiger partial charge in [-0.15, -0.1) is 0 Å². The van der Waals surface area contributed by atoms with Crippen LogP contribution in [0.25, 0.3) is 17.0 Å². The Kier molecular flexibility index (Phi) is 3.35. The number of aromatic nitrogens is 1. The molecule has 0 amide bonds.